The van der Waals surface area contributed by atoms with Crippen LogP contribution in [0.1, 0.15) is 26.6 Å². The maximum atomic E-state index is 12.5. The summed E-state index contributed by atoms with van der Waals surface area (Å²) in [5.41, 5.74) is 0.720. The smallest absolute Gasteiger partial charge is 0.307 e. The third-order valence-corrected chi connectivity index (χ3v) is 4.17. The summed E-state index contributed by atoms with van der Waals surface area (Å²) in [5, 5.41) is 4.85. The molecule has 2 heterocycles. The van der Waals surface area contributed by atoms with Crippen molar-refractivity contribution in [2.24, 2.45) is 0 Å². The second-order valence-electron chi connectivity index (χ2n) is 3.58. The largest absolute Gasteiger partial charge is 0.443 e. The predicted molar refractivity (Wildman–Crippen MR) is 64.9 cm³/mol. The number of nitrogens with zero attached hydrogens (tertiary/aromatic N) is 2. The first-order valence-corrected chi connectivity index (χ1v) is 6.73. The van der Waals surface area contributed by atoms with E-state index in [9.17, 15) is 13.2 Å². The quantitative estimate of drug-likeness (QED) is 0.944. The summed E-state index contributed by atoms with van der Waals surface area (Å²) in [6.45, 7) is 1.86. The Morgan fingerprint density at radius 2 is 2.11 bits per heavy atom. The Labute approximate surface area is 110 Å². The molecule has 0 saturated carbocycles. The maximum Gasteiger partial charge on any atom is 0.443 e. The number of aryl methyl sites for hydroxylation is 1. The Morgan fingerprint density at radius 3 is 2.56 bits per heavy atom. The Hall–Kier alpha value is -0.990. The molecule has 0 bridgehead atoms. The van der Waals surface area contributed by atoms with Crippen LogP contribution < -0.4 is 5.32 Å². The van der Waals surface area contributed by atoms with E-state index in [4.69, 9.17) is 0 Å². The number of thiazole rings is 2. The van der Waals surface area contributed by atoms with Gasteiger partial charge in [0.1, 0.15) is 0 Å². The Balaban J connectivity index is 2.31. The molecule has 1 N–H and O–H groups in total. The van der Waals surface area contributed by atoms with Crippen LogP contribution in [0.25, 0.3) is 0 Å². The Bertz CT molecular complexity index is 532. The van der Waals surface area contributed by atoms with Crippen LogP contribution in [-0.2, 0) is 6.18 Å². The highest BCUT2D eigenvalue weighted by Crippen LogP contribution is 2.35. The number of rotatable bonds is 3. The van der Waals surface area contributed by atoms with E-state index in [2.05, 4.69) is 15.3 Å². The fraction of sp³-hybridized carbons (Fsp3) is 0.400. The molecule has 0 aliphatic rings. The zero-order valence-electron chi connectivity index (χ0n) is 9.58. The van der Waals surface area contributed by atoms with Gasteiger partial charge in [0.05, 0.1) is 16.7 Å². The van der Waals surface area contributed by atoms with Gasteiger partial charge in [0.2, 0.25) is 0 Å². The van der Waals surface area contributed by atoms with Gasteiger partial charge in [-0.05, 0) is 14.0 Å². The van der Waals surface area contributed by atoms with Crippen molar-refractivity contribution in [2.45, 2.75) is 19.1 Å². The van der Waals surface area contributed by atoms with Crippen molar-refractivity contribution in [1.29, 1.82) is 0 Å². The van der Waals surface area contributed by atoms with E-state index in [0.29, 0.717) is 16.2 Å². The molecule has 0 amide bonds. The summed E-state index contributed by atoms with van der Waals surface area (Å²) < 4.78 is 37.5. The van der Waals surface area contributed by atoms with Gasteiger partial charge in [0, 0.05) is 16.5 Å². The first-order valence-electron chi connectivity index (χ1n) is 5.04. The van der Waals surface area contributed by atoms with Crippen LogP contribution in [0, 0.1) is 6.92 Å². The predicted octanol–water partition coefficient (Wildman–Crippen LogP) is 3.24. The third kappa shape index (κ3) is 2.70. The Kier molecular flexibility index (Phi) is 3.69. The fourth-order valence-electron chi connectivity index (χ4n) is 1.50. The van der Waals surface area contributed by atoms with Crippen LogP contribution in [0.4, 0.5) is 13.2 Å². The van der Waals surface area contributed by atoms with Crippen molar-refractivity contribution in [2.75, 3.05) is 7.05 Å². The molecule has 0 saturated heterocycles. The molecule has 0 aliphatic heterocycles. The zero-order chi connectivity index (χ0) is 13.3. The summed E-state index contributed by atoms with van der Waals surface area (Å²) in [5.74, 6) is 0. The summed E-state index contributed by atoms with van der Waals surface area (Å²) in [7, 11) is 1.69. The first-order chi connectivity index (χ1) is 8.41. The average molecular weight is 293 g/mol. The molecule has 1 atom stereocenters. The molecule has 1 unspecified atom stereocenters. The standard InChI is InChI=1S/C10H10F3N3S2/c1-5-16-6(4-17-5)8(14-2)7-3-15-9(18-7)10(11,12)13/h3-4,8,14H,1-2H3. The van der Waals surface area contributed by atoms with Crippen molar-refractivity contribution in [3.05, 3.63) is 32.2 Å². The minimum Gasteiger partial charge on any atom is -0.307 e. The van der Waals surface area contributed by atoms with Crippen LogP contribution in [0.3, 0.4) is 0 Å². The van der Waals surface area contributed by atoms with Crippen molar-refractivity contribution in [3.63, 3.8) is 0 Å². The van der Waals surface area contributed by atoms with Crippen LogP contribution in [0.5, 0.6) is 0 Å². The summed E-state index contributed by atoms with van der Waals surface area (Å²) in [6.07, 6.45) is -3.14. The maximum absolute atomic E-state index is 12.5. The molecule has 2 aromatic heterocycles. The molecule has 0 spiro atoms. The van der Waals surface area contributed by atoms with E-state index < -0.39 is 11.2 Å². The second kappa shape index (κ2) is 4.94. The summed E-state index contributed by atoms with van der Waals surface area (Å²) in [4.78, 5) is 8.21. The van der Waals surface area contributed by atoms with Crippen molar-refractivity contribution in [1.82, 2.24) is 15.3 Å². The molecule has 2 aromatic rings. The molecule has 98 valence electrons. The van der Waals surface area contributed by atoms with E-state index >= 15 is 0 Å². The van der Waals surface area contributed by atoms with E-state index in [1.807, 2.05) is 12.3 Å². The lowest BCUT2D eigenvalue weighted by atomic mass is 10.2. The normalized spacial score (nSPS) is 13.8. The molecule has 18 heavy (non-hydrogen) atoms. The van der Waals surface area contributed by atoms with Gasteiger partial charge in [-0.25, -0.2) is 9.97 Å². The number of hydrogen-bond acceptors (Lipinski definition) is 5. The molecular weight excluding hydrogens is 283 g/mol. The number of aromatic nitrogens is 2. The topological polar surface area (TPSA) is 37.8 Å². The molecule has 0 aromatic carbocycles. The minimum atomic E-state index is -4.39. The van der Waals surface area contributed by atoms with Crippen molar-refractivity contribution >= 4 is 22.7 Å². The van der Waals surface area contributed by atoms with Crippen molar-refractivity contribution in [3.8, 4) is 0 Å². The summed E-state index contributed by atoms with van der Waals surface area (Å²) >= 11 is 2.11. The SMILES string of the molecule is CNC(c1csc(C)n1)c1cnc(C(F)(F)F)s1. The number of alkyl halides is 3. The van der Waals surface area contributed by atoms with Gasteiger partial charge in [-0.2, -0.15) is 13.2 Å². The van der Waals surface area contributed by atoms with Gasteiger partial charge < -0.3 is 5.32 Å². The number of halogens is 3. The van der Waals surface area contributed by atoms with Gasteiger partial charge in [0.15, 0.2) is 5.01 Å². The minimum absolute atomic E-state index is 0.344. The van der Waals surface area contributed by atoms with Gasteiger partial charge in [-0.3, -0.25) is 0 Å². The number of nitrogens with one attached hydrogen (secondary N) is 1. The zero-order valence-corrected chi connectivity index (χ0v) is 11.2. The van der Waals surface area contributed by atoms with Gasteiger partial charge in [-0.1, -0.05) is 0 Å². The molecule has 0 radical (unpaired) electrons. The van der Waals surface area contributed by atoms with E-state index in [1.54, 1.807) is 7.05 Å². The van der Waals surface area contributed by atoms with E-state index in [-0.39, 0.29) is 6.04 Å². The highest BCUT2D eigenvalue weighted by atomic mass is 32.1. The Morgan fingerprint density at radius 1 is 1.39 bits per heavy atom. The first kappa shape index (κ1) is 13.4. The molecular formula is C10H10F3N3S2. The summed E-state index contributed by atoms with van der Waals surface area (Å²) in [6, 6.07) is -0.344. The molecule has 3 nitrogen and oxygen atoms in total. The molecule has 2 rings (SSSR count). The van der Waals surface area contributed by atoms with E-state index in [0.717, 1.165) is 10.7 Å². The molecule has 8 heteroatoms. The molecule has 0 aliphatic carbocycles. The monoisotopic (exact) mass is 293 g/mol. The van der Waals surface area contributed by atoms with Crippen LogP contribution in [0.15, 0.2) is 11.6 Å². The highest BCUT2D eigenvalue weighted by molar-refractivity contribution is 7.12. The lowest BCUT2D eigenvalue weighted by Gasteiger charge is -2.10. The van der Waals surface area contributed by atoms with E-state index in [1.165, 1.54) is 17.5 Å². The molecule has 0 fully saturated rings. The fourth-order valence-corrected chi connectivity index (χ4v) is 3.04. The van der Waals surface area contributed by atoms with Gasteiger partial charge in [0.25, 0.3) is 0 Å². The highest BCUT2D eigenvalue weighted by Gasteiger charge is 2.35. The third-order valence-electron chi connectivity index (χ3n) is 2.27. The lowest BCUT2D eigenvalue weighted by Crippen LogP contribution is -2.16. The number of hydrogen-bond donors (Lipinski definition) is 1. The van der Waals surface area contributed by atoms with Gasteiger partial charge in [-0.15, -0.1) is 22.7 Å². The lowest BCUT2D eigenvalue weighted by molar-refractivity contribution is -0.137. The van der Waals surface area contributed by atoms with Gasteiger partial charge >= 0.3 is 6.18 Å². The average Bonchev–Trinajstić information content (AvgIpc) is 2.88. The second-order valence-corrected chi connectivity index (χ2v) is 5.70. The van der Waals surface area contributed by atoms with Crippen LogP contribution in [-0.4, -0.2) is 17.0 Å². The van der Waals surface area contributed by atoms with Crippen molar-refractivity contribution < 1.29 is 13.2 Å². The van der Waals surface area contributed by atoms with Crippen LogP contribution in [0.2, 0.25) is 0 Å². The van der Waals surface area contributed by atoms with Crippen LogP contribution >= 0.6 is 22.7 Å².